The molecule has 0 amide bonds. The molecule has 0 bridgehead atoms. The van der Waals surface area contributed by atoms with Crippen LogP contribution in [-0.2, 0) is 0 Å². The van der Waals surface area contributed by atoms with Crippen LogP contribution in [0, 0.1) is 0 Å². The SMILES string of the molecule is CCN(CC)[PH2+]SC(C)C. The van der Waals surface area contributed by atoms with E-state index in [9.17, 15) is 0 Å². The van der Waals surface area contributed by atoms with Crippen LogP contribution < -0.4 is 0 Å². The highest BCUT2D eigenvalue weighted by atomic mass is 32.7. The minimum absolute atomic E-state index is 0.491. The van der Waals surface area contributed by atoms with Gasteiger partial charge in [0.15, 0.2) is 0 Å². The summed E-state index contributed by atoms with van der Waals surface area (Å²) in [6.07, 6.45) is 0. The summed E-state index contributed by atoms with van der Waals surface area (Å²) in [5.41, 5.74) is 0. The highest BCUT2D eigenvalue weighted by Gasteiger charge is 2.07. The third kappa shape index (κ3) is 5.52. The van der Waals surface area contributed by atoms with Gasteiger partial charge in [-0.25, -0.2) is 0 Å². The maximum atomic E-state index is 2.52. The molecule has 0 radical (unpaired) electrons. The Morgan fingerprint density at radius 2 is 1.80 bits per heavy atom. The first-order valence-corrected chi connectivity index (χ1v) is 6.80. The standard InChI is InChI=1S/C7H18NPS/c1-5-8(6-2)9-10-7(3)4/h7,9H,5-6H2,1-4H3/p+1. The molecule has 0 N–H and O–H groups in total. The summed E-state index contributed by atoms with van der Waals surface area (Å²) in [5.74, 6) is 0. The maximum absolute atomic E-state index is 2.52. The van der Waals surface area contributed by atoms with Crippen LogP contribution in [-0.4, -0.2) is 23.0 Å². The van der Waals surface area contributed by atoms with Crippen molar-refractivity contribution in [2.24, 2.45) is 0 Å². The molecule has 10 heavy (non-hydrogen) atoms. The van der Waals surface area contributed by atoms with Gasteiger partial charge in [-0.15, -0.1) is 0 Å². The molecule has 62 valence electrons. The van der Waals surface area contributed by atoms with Gasteiger partial charge in [0.25, 0.3) is 0 Å². The van der Waals surface area contributed by atoms with Crippen LogP contribution >= 0.6 is 19.3 Å². The molecule has 0 aliphatic carbocycles. The Morgan fingerprint density at radius 3 is 2.10 bits per heavy atom. The van der Waals surface area contributed by atoms with Gasteiger partial charge in [0, 0.05) is 29.7 Å². The summed E-state index contributed by atoms with van der Waals surface area (Å²) in [6.45, 7) is 11.4. The zero-order chi connectivity index (χ0) is 7.98. The fourth-order valence-corrected chi connectivity index (χ4v) is 3.44. The number of hydrogen-bond donors (Lipinski definition) is 0. The van der Waals surface area contributed by atoms with Crippen LogP contribution in [0.15, 0.2) is 0 Å². The van der Waals surface area contributed by atoms with Crippen LogP contribution in [0.25, 0.3) is 0 Å². The van der Waals surface area contributed by atoms with E-state index in [0.717, 1.165) is 5.25 Å². The largest absolute Gasteiger partial charge is 0.174 e. The van der Waals surface area contributed by atoms with Crippen molar-refractivity contribution >= 4 is 19.3 Å². The van der Waals surface area contributed by atoms with Crippen molar-refractivity contribution in [1.82, 2.24) is 4.67 Å². The lowest BCUT2D eigenvalue weighted by molar-refractivity contribution is 0.522. The van der Waals surface area contributed by atoms with Gasteiger partial charge in [0.05, 0.1) is 0 Å². The molecule has 3 heteroatoms. The zero-order valence-corrected chi connectivity index (χ0v) is 9.40. The minimum Gasteiger partial charge on any atom is -0.174 e. The Bertz CT molecular complexity index is 74.0. The fraction of sp³-hybridized carbons (Fsp3) is 1.00. The highest BCUT2D eigenvalue weighted by Crippen LogP contribution is 2.36. The lowest BCUT2D eigenvalue weighted by Gasteiger charge is -2.10. The van der Waals surface area contributed by atoms with Crippen molar-refractivity contribution in [3.8, 4) is 0 Å². The molecular formula is C7H19NPS+. The summed E-state index contributed by atoms with van der Waals surface area (Å²) in [7, 11) is 0.491. The third-order valence-corrected chi connectivity index (χ3v) is 5.88. The molecule has 0 aliphatic heterocycles. The average molecular weight is 180 g/mol. The van der Waals surface area contributed by atoms with Gasteiger partial charge in [0.2, 0.25) is 0 Å². The van der Waals surface area contributed by atoms with Crippen molar-refractivity contribution in [3.63, 3.8) is 0 Å². The van der Waals surface area contributed by atoms with E-state index in [0.29, 0.717) is 7.93 Å². The van der Waals surface area contributed by atoms with Crippen LogP contribution in [0.1, 0.15) is 27.7 Å². The van der Waals surface area contributed by atoms with Gasteiger partial charge in [0.1, 0.15) is 7.93 Å². The summed E-state index contributed by atoms with van der Waals surface area (Å²) >= 11 is 2.10. The Kier molecular flexibility index (Phi) is 6.93. The second kappa shape index (κ2) is 6.45. The first kappa shape index (κ1) is 10.7. The molecule has 0 aromatic heterocycles. The van der Waals surface area contributed by atoms with Crippen molar-refractivity contribution in [2.75, 3.05) is 13.1 Å². The molecule has 0 aromatic carbocycles. The summed E-state index contributed by atoms with van der Waals surface area (Å²) in [4.78, 5) is 0. The Balaban J connectivity index is 3.26. The van der Waals surface area contributed by atoms with Crippen LogP contribution in [0.3, 0.4) is 0 Å². The molecule has 0 aliphatic rings. The first-order chi connectivity index (χ1) is 4.70. The van der Waals surface area contributed by atoms with E-state index in [1.165, 1.54) is 13.1 Å². The molecule has 0 spiro atoms. The molecule has 0 rings (SSSR count). The quantitative estimate of drug-likeness (QED) is 0.598. The van der Waals surface area contributed by atoms with Gasteiger partial charge in [-0.3, -0.25) is 0 Å². The number of rotatable bonds is 5. The highest BCUT2D eigenvalue weighted by molar-refractivity contribution is 8.49. The monoisotopic (exact) mass is 180 g/mol. The first-order valence-electron chi connectivity index (χ1n) is 3.93. The summed E-state index contributed by atoms with van der Waals surface area (Å²) in [5, 5.41) is 0.801. The predicted molar refractivity (Wildman–Crippen MR) is 55.4 cm³/mol. The second-order valence-electron chi connectivity index (χ2n) is 2.51. The van der Waals surface area contributed by atoms with Gasteiger partial charge >= 0.3 is 0 Å². The van der Waals surface area contributed by atoms with E-state index in [1.54, 1.807) is 0 Å². The third-order valence-electron chi connectivity index (χ3n) is 1.29. The van der Waals surface area contributed by atoms with Gasteiger partial charge in [-0.1, -0.05) is 13.8 Å². The van der Waals surface area contributed by atoms with Crippen molar-refractivity contribution in [2.45, 2.75) is 32.9 Å². The zero-order valence-electron chi connectivity index (χ0n) is 7.42. The van der Waals surface area contributed by atoms with Gasteiger partial charge < -0.3 is 0 Å². The van der Waals surface area contributed by atoms with Crippen LogP contribution in [0.5, 0.6) is 0 Å². The van der Waals surface area contributed by atoms with Crippen LogP contribution in [0.4, 0.5) is 0 Å². The summed E-state index contributed by atoms with van der Waals surface area (Å²) < 4.78 is 2.52. The molecule has 0 heterocycles. The Morgan fingerprint density at radius 1 is 1.30 bits per heavy atom. The average Bonchev–Trinajstić information content (AvgIpc) is 1.90. The predicted octanol–water partition coefficient (Wildman–Crippen LogP) is 2.71. The molecule has 1 nitrogen and oxygen atoms in total. The minimum atomic E-state index is 0.491. The number of nitrogens with zero attached hydrogens (tertiary/aromatic N) is 1. The van der Waals surface area contributed by atoms with E-state index in [4.69, 9.17) is 0 Å². The smallest absolute Gasteiger partial charge is 0.117 e. The van der Waals surface area contributed by atoms with E-state index in [2.05, 4.69) is 43.7 Å². The fourth-order valence-electron chi connectivity index (χ4n) is 0.580. The van der Waals surface area contributed by atoms with E-state index >= 15 is 0 Å². The van der Waals surface area contributed by atoms with Crippen molar-refractivity contribution in [1.29, 1.82) is 0 Å². The molecule has 0 fully saturated rings. The number of hydrogen-bond acceptors (Lipinski definition) is 2. The summed E-state index contributed by atoms with van der Waals surface area (Å²) in [6, 6.07) is 0. The normalized spacial score (nSPS) is 12.6. The Hall–Kier alpha value is 0.740. The maximum Gasteiger partial charge on any atom is 0.117 e. The van der Waals surface area contributed by atoms with E-state index in [-0.39, 0.29) is 0 Å². The molecular weight excluding hydrogens is 161 g/mol. The van der Waals surface area contributed by atoms with Gasteiger partial charge in [-0.2, -0.15) is 4.67 Å². The molecule has 0 saturated carbocycles. The van der Waals surface area contributed by atoms with Crippen molar-refractivity contribution < 1.29 is 0 Å². The van der Waals surface area contributed by atoms with Crippen LogP contribution in [0.2, 0.25) is 0 Å². The lowest BCUT2D eigenvalue weighted by Crippen LogP contribution is -2.11. The molecule has 1 unspecified atom stereocenters. The Labute approximate surface area is 70.5 Å². The lowest BCUT2D eigenvalue weighted by atomic mass is 10.6. The topological polar surface area (TPSA) is 3.24 Å². The molecule has 0 aromatic rings. The van der Waals surface area contributed by atoms with E-state index < -0.39 is 0 Å². The second-order valence-corrected chi connectivity index (χ2v) is 6.12. The van der Waals surface area contributed by atoms with Gasteiger partial charge in [-0.05, 0) is 13.8 Å². The van der Waals surface area contributed by atoms with Crippen molar-refractivity contribution in [3.05, 3.63) is 0 Å². The van der Waals surface area contributed by atoms with E-state index in [1.807, 2.05) is 0 Å². The molecule has 1 atom stereocenters. The molecule has 0 saturated heterocycles.